The van der Waals surface area contributed by atoms with E-state index in [1.165, 1.54) is 0 Å². The van der Waals surface area contributed by atoms with E-state index in [-0.39, 0.29) is 6.04 Å². The van der Waals surface area contributed by atoms with Crippen LogP contribution in [-0.2, 0) is 9.47 Å². The Labute approximate surface area is 165 Å². The standard InChI is InChI=1S/C21H27NO6/c22-17-15-27-20-7-3-1-5-18(20)25-13-11-23-9-10-24-12-14-26-19-6-2-4-8-21(19)28-16-17/h1-8,17H,9-16,22H2. The molecule has 7 nitrogen and oxygen atoms in total. The molecule has 0 radical (unpaired) electrons. The summed E-state index contributed by atoms with van der Waals surface area (Å²) in [6.45, 7) is 3.37. The zero-order valence-corrected chi connectivity index (χ0v) is 15.9. The zero-order chi connectivity index (χ0) is 19.4. The third-order valence-electron chi connectivity index (χ3n) is 3.95. The van der Waals surface area contributed by atoms with Crippen LogP contribution in [0.2, 0.25) is 0 Å². The Morgan fingerprint density at radius 3 is 1.32 bits per heavy atom. The van der Waals surface area contributed by atoms with Gasteiger partial charge in [0.2, 0.25) is 0 Å². The van der Waals surface area contributed by atoms with Crippen LogP contribution < -0.4 is 24.7 Å². The van der Waals surface area contributed by atoms with E-state index in [4.69, 9.17) is 34.2 Å². The van der Waals surface area contributed by atoms with Gasteiger partial charge in [-0.25, -0.2) is 0 Å². The van der Waals surface area contributed by atoms with Crippen LogP contribution in [0.4, 0.5) is 0 Å². The number of ether oxygens (including phenoxy) is 6. The summed E-state index contributed by atoms with van der Waals surface area (Å²) in [6, 6.07) is 14.7. The lowest BCUT2D eigenvalue weighted by molar-refractivity contribution is 0.0269. The summed E-state index contributed by atoms with van der Waals surface area (Å²) < 4.78 is 34.2. The van der Waals surface area contributed by atoms with Crippen LogP contribution in [0, 0.1) is 0 Å². The number of fused-ring (bicyclic) bond motifs is 2. The molecule has 152 valence electrons. The SMILES string of the molecule is NC1COc2ccccc2OCCOCCOCCOc2ccccc2OC1. The second-order valence-corrected chi connectivity index (χ2v) is 6.20. The normalized spacial score (nSPS) is 17.8. The fourth-order valence-corrected chi connectivity index (χ4v) is 2.56. The van der Waals surface area contributed by atoms with E-state index in [0.717, 1.165) is 0 Å². The molecule has 3 rings (SSSR count). The molecule has 2 aromatic carbocycles. The topological polar surface area (TPSA) is 81.4 Å². The molecule has 0 saturated carbocycles. The molecule has 2 N–H and O–H groups in total. The maximum Gasteiger partial charge on any atom is 0.161 e. The van der Waals surface area contributed by atoms with Gasteiger partial charge in [0.05, 0.1) is 32.5 Å². The van der Waals surface area contributed by atoms with E-state index in [2.05, 4.69) is 0 Å². The molecule has 0 aromatic heterocycles. The first kappa shape index (κ1) is 20.3. The van der Waals surface area contributed by atoms with Crippen molar-refractivity contribution in [2.45, 2.75) is 6.04 Å². The third-order valence-corrected chi connectivity index (χ3v) is 3.95. The Morgan fingerprint density at radius 1 is 0.536 bits per heavy atom. The van der Waals surface area contributed by atoms with Crippen molar-refractivity contribution in [3.63, 3.8) is 0 Å². The number of hydrogen-bond donors (Lipinski definition) is 1. The largest absolute Gasteiger partial charge is 0.488 e. The van der Waals surface area contributed by atoms with E-state index >= 15 is 0 Å². The molecule has 0 saturated heterocycles. The first-order chi connectivity index (χ1) is 13.8. The zero-order valence-electron chi connectivity index (χ0n) is 15.9. The molecule has 1 aliphatic heterocycles. The number of hydrogen-bond acceptors (Lipinski definition) is 7. The highest BCUT2D eigenvalue weighted by Crippen LogP contribution is 2.28. The Hall–Kier alpha value is -2.48. The third kappa shape index (κ3) is 6.60. The van der Waals surface area contributed by atoms with Gasteiger partial charge < -0.3 is 34.2 Å². The first-order valence-corrected chi connectivity index (χ1v) is 9.43. The van der Waals surface area contributed by atoms with E-state index in [0.29, 0.717) is 75.9 Å². The van der Waals surface area contributed by atoms with Crippen molar-refractivity contribution in [2.24, 2.45) is 5.73 Å². The minimum absolute atomic E-state index is 0.299. The molecule has 2 aromatic rings. The molecule has 0 bridgehead atoms. The summed E-state index contributed by atoms with van der Waals surface area (Å²) >= 11 is 0. The van der Waals surface area contributed by atoms with Gasteiger partial charge in [-0.15, -0.1) is 0 Å². The second-order valence-electron chi connectivity index (χ2n) is 6.20. The van der Waals surface area contributed by atoms with E-state index in [1.54, 1.807) is 0 Å². The molecule has 0 unspecified atom stereocenters. The number of benzene rings is 2. The monoisotopic (exact) mass is 389 g/mol. The molecule has 0 atom stereocenters. The Bertz CT molecular complexity index is 651. The van der Waals surface area contributed by atoms with Gasteiger partial charge in [-0.2, -0.15) is 0 Å². The average Bonchev–Trinajstić information content (AvgIpc) is 2.73. The smallest absolute Gasteiger partial charge is 0.161 e. The molecule has 0 spiro atoms. The summed E-state index contributed by atoms with van der Waals surface area (Å²) in [5, 5.41) is 0. The fraction of sp³-hybridized carbons (Fsp3) is 0.429. The number of nitrogens with two attached hydrogens (primary N) is 1. The van der Waals surface area contributed by atoms with Crippen LogP contribution in [-0.4, -0.2) is 58.9 Å². The van der Waals surface area contributed by atoms with Crippen molar-refractivity contribution in [3.8, 4) is 23.0 Å². The lowest BCUT2D eigenvalue weighted by atomic mass is 10.3. The molecule has 7 heteroatoms. The fourth-order valence-electron chi connectivity index (χ4n) is 2.56. The summed E-state index contributed by atoms with van der Waals surface area (Å²) in [5.41, 5.74) is 6.15. The molecule has 0 amide bonds. The van der Waals surface area contributed by atoms with Crippen LogP contribution in [0.15, 0.2) is 48.5 Å². The van der Waals surface area contributed by atoms with Gasteiger partial charge in [0.1, 0.15) is 26.4 Å². The van der Waals surface area contributed by atoms with Gasteiger partial charge in [0, 0.05) is 0 Å². The maximum absolute atomic E-state index is 6.15. The van der Waals surface area contributed by atoms with E-state index < -0.39 is 0 Å². The molecule has 0 fully saturated rings. The molecular weight excluding hydrogens is 362 g/mol. The molecule has 1 heterocycles. The number of rotatable bonds is 0. The van der Waals surface area contributed by atoms with Crippen molar-refractivity contribution in [2.75, 3.05) is 52.9 Å². The predicted molar refractivity (Wildman–Crippen MR) is 104 cm³/mol. The van der Waals surface area contributed by atoms with Gasteiger partial charge in [0.25, 0.3) is 0 Å². The predicted octanol–water partition coefficient (Wildman–Crippen LogP) is 2.28. The van der Waals surface area contributed by atoms with E-state index in [9.17, 15) is 0 Å². The summed E-state index contributed by atoms with van der Waals surface area (Å²) in [6.07, 6.45) is 0. The van der Waals surface area contributed by atoms with Crippen LogP contribution >= 0.6 is 0 Å². The minimum Gasteiger partial charge on any atom is -0.488 e. The second kappa shape index (κ2) is 11.4. The van der Waals surface area contributed by atoms with Gasteiger partial charge in [0.15, 0.2) is 23.0 Å². The Kier molecular flexibility index (Phi) is 8.24. The summed E-state index contributed by atoms with van der Waals surface area (Å²) in [5.74, 6) is 2.60. The molecule has 28 heavy (non-hydrogen) atoms. The van der Waals surface area contributed by atoms with Crippen molar-refractivity contribution < 1.29 is 28.4 Å². The van der Waals surface area contributed by atoms with Gasteiger partial charge in [-0.3, -0.25) is 0 Å². The number of para-hydroxylation sites is 4. The van der Waals surface area contributed by atoms with Crippen LogP contribution in [0.25, 0.3) is 0 Å². The minimum atomic E-state index is -0.310. The van der Waals surface area contributed by atoms with Crippen molar-refractivity contribution >= 4 is 0 Å². The quantitative estimate of drug-likeness (QED) is 0.740. The lowest BCUT2D eigenvalue weighted by Gasteiger charge is -2.17. The van der Waals surface area contributed by atoms with Crippen molar-refractivity contribution in [1.29, 1.82) is 0 Å². The van der Waals surface area contributed by atoms with Crippen LogP contribution in [0.1, 0.15) is 0 Å². The highest BCUT2D eigenvalue weighted by molar-refractivity contribution is 5.40. The van der Waals surface area contributed by atoms with Crippen LogP contribution in [0.5, 0.6) is 23.0 Å². The highest BCUT2D eigenvalue weighted by Gasteiger charge is 2.11. The first-order valence-electron chi connectivity index (χ1n) is 9.43. The Morgan fingerprint density at radius 2 is 0.893 bits per heavy atom. The summed E-state index contributed by atoms with van der Waals surface area (Å²) in [7, 11) is 0. The van der Waals surface area contributed by atoms with Gasteiger partial charge in [-0.05, 0) is 24.3 Å². The van der Waals surface area contributed by atoms with Crippen molar-refractivity contribution in [3.05, 3.63) is 48.5 Å². The Balaban J connectivity index is 1.63. The van der Waals surface area contributed by atoms with E-state index in [1.807, 2.05) is 48.5 Å². The molecular formula is C21H27NO6. The highest BCUT2D eigenvalue weighted by atomic mass is 16.6. The molecule has 1 aliphatic rings. The average molecular weight is 389 g/mol. The van der Waals surface area contributed by atoms with Gasteiger partial charge >= 0.3 is 0 Å². The molecule has 0 aliphatic carbocycles. The lowest BCUT2D eigenvalue weighted by Crippen LogP contribution is -2.34. The van der Waals surface area contributed by atoms with Crippen molar-refractivity contribution in [1.82, 2.24) is 0 Å². The van der Waals surface area contributed by atoms with Gasteiger partial charge in [-0.1, -0.05) is 24.3 Å². The summed E-state index contributed by atoms with van der Waals surface area (Å²) in [4.78, 5) is 0. The van der Waals surface area contributed by atoms with Crippen LogP contribution in [0.3, 0.4) is 0 Å². The maximum atomic E-state index is 6.15.